The van der Waals surface area contributed by atoms with Gasteiger partial charge >= 0.3 is 5.97 Å². The lowest BCUT2D eigenvalue weighted by molar-refractivity contribution is -0.138. The Morgan fingerprint density at radius 3 is 2.60 bits per heavy atom. The Bertz CT molecular complexity index is 583. The Hall–Kier alpha value is -1.60. The Labute approximate surface area is 118 Å². The van der Waals surface area contributed by atoms with E-state index in [4.69, 9.17) is 0 Å². The van der Waals surface area contributed by atoms with Gasteiger partial charge in [0.05, 0.1) is 10.6 Å². The lowest BCUT2D eigenvalue weighted by Gasteiger charge is -2.35. The van der Waals surface area contributed by atoms with Gasteiger partial charge in [0, 0.05) is 25.3 Å². The first-order valence-electron chi connectivity index (χ1n) is 6.48. The van der Waals surface area contributed by atoms with Crippen LogP contribution in [0, 0.1) is 0 Å². The molecule has 1 fully saturated rings. The van der Waals surface area contributed by atoms with Gasteiger partial charge in [0.2, 0.25) is 0 Å². The Morgan fingerprint density at radius 2 is 2.05 bits per heavy atom. The lowest BCUT2D eigenvalue weighted by Crippen LogP contribution is -2.55. The molecule has 1 aliphatic rings. The summed E-state index contributed by atoms with van der Waals surface area (Å²) in [6.07, 6.45) is 0. The van der Waals surface area contributed by atoms with Gasteiger partial charge in [-0.05, 0) is 24.3 Å². The molecule has 2 rings (SSSR count). The van der Waals surface area contributed by atoms with Gasteiger partial charge in [-0.15, -0.1) is 0 Å². The molecule has 0 bridgehead atoms. The van der Waals surface area contributed by atoms with E-state index in [2.05, 4.69) is 5.32 Å². The van der Waals surface area contributed by atoms with Crippen LogP contribution in [-0.2, 0) is 14.6 Å². The van der Waals surface area contributed by atoms with Gasteiger partial charge in [-0.1, -0.05) is 6.92 Å². The summed E-state index contributed by atoms with van der Waals surface area (Å²) in [6.45, 7) is 3.26. The lowest BCUT2D eigenvalue weighted by atomic mass is 10.1. The third-order valence-electron chi connectivity index (χ3n) is 3.44. The molecule has 6 nitrogen and oxygen atoms in total. The van der Waals surface area contributed by atoms with Gasteiger partial charge in [0.25, 0.3) is 0 Å². The number of aliphatic carboxylic acids is 1. The van der Waals surface area contributed by atoms with E-state index in [-0.39, 0.29) is 10.6 Å². The molecule has 1 aliphatic heterocycles. The quantitative estimate of drug-likeness (QED) is 0.834. The second-order valence-corrected chi connectivity index (χ2v) is 6.93. The fourth-order valence-electron chi connectivity index (χ4n) is 2.25. The second kappa shape index (κ2) is 5.80. The molecule has 1 heterocycles. The molecule has 1 aromatic carbocycles. The molecular weight excluding hydrogens is 280 g/mol. The highest BCUT2D eigenvalue weighted by Crippen LogP contribution is 2.21. The van der Waals surface area contributed by atoms with Crippen molar-refractivity contribution in [2.75, 3.05) is 30.3 Å². The number of nitrogens with zero attached hydrogens (tertiary/aromatic N) is 1. The Balaban J connectivity index is 2.27. The fraction of sp³-hybridized carbons (Fsp3) is 0.462. The van der Waals surface area contributed by atoms with Gasteiger partial charge in [-0.25, -0.2) is 13.2 Å². The van der Waals surface area contributed by atoms with Crippen LogP contribution in [0.25, 0.3) is 0 Å². The minimum Gasteiger partial charge on any atom is -0.480 e. The third kappa shape index (κ3) is 2.94. The zero-order valence-corrected chi connectivity index (χ0v) is 12.1. The van der Waals surface area contributed by atoms with Crippen LogP contribution in [0.5, 0.6) is 0 Å². The minimum absolute atomic E-state index is 0.0533. The monoisotopic (exact) mass is 298 g/mol. The molecule has 1 aromatic rings. The minimum atomic E-state index is -3.22. The topological polar surface area (TPSA) is 86.7 Å². The first kappa shape index (κ1) is 14.8. The number of piperazine rings is 1. The van der Waals surface area contributed by atoms with E-state index in [1.165, 1.54) is 12.1 Å². The van der Waals surface area contributed by atoms with E-state index in [0.29, 0.717) is 19.6 Å². The Kier molecular flexibility index (Phi) is 4.29. The van der Waals surface area contributed by atoms with E-state index in [1.807, 2.05) is 0 Å². The van der Waals surface area contributed by atoms with Crippen molar-refractivity contribution < 1.29 is 18.3 Å². The average Bonchev–Trinajstić information content (AvgIpc) is 2.47. The van der Waals surface area contributed by atoms with E-state index in [9.17, 15) is 18.3 Å². The maximum Gasteiger partial charge on any atom is 0.327 e. The number of hydrogen-bond acceptors (Lipinski definition) is 5. The van der Waals surface area contributed by atoms with Gasteiger partial charge in [0.1, 0.15) is 6.04 Å². The van der Waals surface area contributed by atoms with E-state index in [1.54, 1.807) is 24.0 Å². The third-order valence-corrected chi connectivity index (χ3v) is 5.19. The van der Waals surface area contributed by atoms with Crippen LogP contribution >= 0.6 is 0 Å². The summed E-state index contributed by atoms with van der Waals surface area (Å²) in [4.78, 5) is 13.3. The van der Waals surface area contributed by atoms with Crippen molar-refractivity contribution in [3.63, 3.8) is 0 Å². The molecule has 1 saturated heterocycles. The number of carboxylic acids is 1. The van der Waals surface area contributed by atoms with Crippen molar-refractivity contribution in [1.29, 1.82) is 0 Å². The SMILES string of the molecule is CCS(=O)(=O)c1ccc(N2CCNCC2C(=O)O)cc1. The van der Waals surface area contributed by atoms with Crippen molar-refractivity contribution in [3.05, 3.63) is 24.3 Å². The molecule has 0 radical (unpaired) electrons. The first-order valence-corrected chi connectivity index (χ1v) is 8.14. The van der Waals surface area contributed by atoms with E-state index < -0.39 is 21.8 Å². The van der Waals surface area contributed by atoms with Crippen molar-refractivity contribution in [3.8, 4) is 0 Å². The van der Waals surface area contributed by atoms with Crippen LogP contribution < -0.4 is 10.2 Å². The summed E-state index contributed by atoms with van der Waals surface area (Å²) < 4.78 is 23.5. The number of rotatable bonds is 4. The summed E-state index contributed by atoms with van der Waals surface area (Å²) >= 11 is 0. The normalized spacial score (nSPS) is 19.9. The van der Waals surface area contributed by atoms with Gasteiger partial charge in [-0.2, -0.15) is 0 Å². The van der Waals surface area contributed by atoms with E-state index in [0.717, 1.165) is 5.69 Å². The predicted molar refractivity (Wildman–Crippen MR) is 75.8 cm³/mol. The van der Waals surface area contributed by atoms with Crippen LogP contribution in [0.4, 0.5) is 5.69 Å². The first-order chi connectivity index (χ1) is 9.45. The zero-order valence-electron chi connectivity index (χ0n) is 11.2. The molecule has 1 atom stereocenters. The molecular formula is C13H18N2O4S. The molecule has 1 unspecified atom stereocenters. The molecule has 0 saturated carbocycles. The second-order valence-electron chi connectivity index (χ2n) is 4.65. The molecule has 2 N–H and O–H groups in total. The summed E-state index contributed by atoms with van der Waals surface area (Å²) in [6, 6.07) is 5.79. The number of sulfone groups is 1. The largest absolute Gasteiger partial charge is 0.480 e. The summed E-state index contributed by atoms with van der Waals surface area (Å²) in [7, 11) is -3.22. The zero-order chi connectivity index (χ0) is 14.8. The highest BCUT2D eigenvalue weighted by Gasteiger charge is 2.28. The predicted octanol–water partition coefficient (Wildman–Crippen LogP) is 0.343. The molecule has 110 valence electrons. The summed E-state index contributed by atoms with van der Waals surface area (Å²) in [5.74, 6) is -0.833. The summed E-state index contributed by atoms with van der Waals surface area (Å²) in [5, 5.41) is 12.3. The van der Waals surface area contributed by atoms with Crippen molar-refractivity contribution >= 4 is 21.5 Å². The standard InChI is InChI=1S/C13H18N2O4S/c1-2-20(18,19)11-5-3-10(4-6-11)15-8-7-14-9-12(15)13(16)17/h3-6,12,14H,2,7-9H2,1H3,(H,16,17). The molecule has 7 heteroatoms. The number of nitrogens with one attached hydrogen (secondary N) is 1. The van der Waals surface area contributed by atoms with Crippen LogP contribution in [0.3, 0.4) is 0 Å². The molecule has 0 aliphatic carbocycles. The van der Waals surface area contributed by atoms with Crippen molar-refractivity contribution in [2.24, 2.45) is 0 Å². The van der Waals surface area contributed by atoms with Gasteiger partial charge < -0.3 is 15.3 Å². The smallest absolute Gasteiger partial charge is 0.327 e. The van der Waals surface area contributed by atoms with Crippen LogP contribution in [0.2, 0.25) is 0 Å². The van der Waals surface area contributed by atoms with Gasteiger partial charge in [-0.3, -0.25) is 0 Å². The number of anilines is 1. The Morgan fingerprint density at radius 1 is 1.40 bits per heavy atom. The van der Waals surface area contributed by atoms with Crippen LogP contribution in [-0.4, -0.2) is 50.9 Å². The van der Waals surface area contributed by atoms with Crippen LogP contribution in [0.15, 0.2) is 29.2 Å². The molecule has 20 heavy (non-hydrogen) atoms. The van der Waals surface area contributed by atoms with Crippen LogP contribution in [0.1, 0.15) is 6.92 Å². The number of benzene rings is 1. The molecule has 0 amide bonds. The van der Waals surface area contributed by atoms with E-state index >= 15 is 0 Å². The number of hydrogen-bond donors (Lipinski definition) is 2. The summed E-state index contributed by atoms with van der Waals surface area (Å²) in [5.41, 5.74) is 0.731. The maximum absolute atomic E-state index is 11.7. The highest BCUT2D eigenvalue weighted by molar-refractivity contribution is 7.91. The fourth-order valence-corrected chi connectivity index (χ4v) is 3.13. The maximum atomic E-state index is 11.7. The van der Waals surface area contributed by atoms with Gasteiger partial charge in [0.15, 0.2) is 9.84 Å². The molecule has 0 aromatic heterocycles. The average molecular weight is 298 g/mol. The molecule has 0 spiro atoms. The number of carboxylic acid groups (broad SMARTS) is 1. The number of carbonyl (C=O) groups is 1. The van der Waals surface area contributed by atoms with Crippen molar-refractivity contribution in [2.45, 2.75) is 17.9 Å². The van der Waals surface area contributed by atoms with Crippen molar-refractivity contribution in [1.82, 2.24) is 5.32 Å². The highest BCUT2D eigenvalue weighted by atomic mass is 32.2.